The summed E-state index contributed by atoms with van der Waals surface area (Å²) in [6.07, 6.45) is 6.19. The van der Waals surface area contributed by atoms with E-state index in [9.17, 15) is 5.11 Å². The molecule has 3 N–H and O–H groups in total. The van der Waals surface area contributed by atoms with Crippen LogP contribution in [-0.4, -0.2) is 24.6 Å². The number of aromatic nitrogens is 4. The van der Waals surface area contributed by atoms with Gasteiger partial charge >= 0.3 is 0 Å². The van der Waals surface area contributed by atoms with Gasteiger partial charge in [-0.1, -0.05) is 12.2 Å². The van der Waals surface area contributed by atoms with Crippen LogP contribution in [0.5, 0.6) is 0 Å². The zero-order chi connectivity index (χ0) is 13.4. The summed E-state index contributed by atoms with van der Waals surface area (Å²) in [5, 5.41) is 10.2. The second-order valence-electron chi connectivity index (χ2n) is 5.17. The summed E-state index contributed by atoms with van der Waals surface area (Å²) in [6.45, 7) is 3.93. The largest absolute Gasteiger partial charge is 0.382 e. The van der Waals surface area contributed by atoms with Crippen molar-refractivity contribution in [2.24, 2.45) is 5.92 Å². The minimum atomic E-state index is -0.617. The molecule has 0 spiro atoms. The molecule has 6 nitrogen and oxygen atoms in total. The molecule has 2 heterocycles. The highest BCUT2D eigenvalue weighted by atomic mass is 16.3. The van der Waals surface area contributed by atoms with Gasteiger partial charge in [-0.25, -0.2) is 15.0 Å². The van der Waals surface area contributed by atoms with Crippen LogP contribution in [-0.2, 0) is 0 Å². The van der Waals surface area contributed by atoms with E-state index in [0.29, 0.717) is 29.3 Å². The van der Waals surface area contributed by atoms with E-state index in [1.807, 2.05) is 0 Å². The number of allylic oxidation sites excluding steroid dienone is 1. The number of nitrogen functional groups attached to an aromatic ring is 1. The molecule has 0 bridgehead atoms. The molecule has 1 aliphatic rings. The summed E-state index contributed by atoms with van der Waals surface area (Å²) < 4.78 is 1.65. The highest BCUT2D eigenvalue weighted by Crippen LogP contribution is 2.36. The number of nitrogens with zero attached hydrogens (tertiary/aromatic N) is 4. The van der Waals surface area contributed by atoms with Gasteiger partial charge in [0, 0.05) is 0 Å². The first-order valence-corrected chi connectivity index (χ1v) is 6.43. The maximum atomic E-state index is 10.2. The fraction of sp³-hybridized carbons (Fsp3) is 0.462. The van der Waals surface area contributed by atoms with E-state index in [1.165, 1.54) is 11.9 Å². The van der Waals surface area contributed by atoms with E-state index in [0.717, 1.165) is 19.3 Å². The molecule has 0 saturated heterocycles. The van der Waals surface area contributed by atoms with Crippen LogP contribution in [0.3, 0.4) is 0 Å². The molecule has 3 rings (SSSR count). The quantitative estimate of drug-likeness (QED) is 0.815. The SMILES string of the molecule is C=C1CC(CCC(O)n2cnc3c(N)ncnc32)C1. The number of anilines is 1. The zero-order valence-electron chi connectivity index (χ0n) is 10.7. The highest BCUT2D eigenvalue weighted by Gasteiger charge is 2.23. The molecule has 100 valence electrons. The molecule has 1 fully saturated rings. The Hall–Kier alpha value is -1.95. The van der Waals surface area contributed by atoms with Crippen molar-refractivity contribution in [3.05, 3.63) is 24.8 Å². The molecular weight excluding hydrogens is 242 g/mol. The smallest absolute Gasteiger partial charge is 0.167 e. The van der Waals surface area contributed by atoms with Gasteiger partial charge in [-0.2, -0.15) is 0 Å². The van der Waals surface area contributed by atoms with Crippen molar-refractivity contribution in [1.82, 2.24) is 19.5 Å². The molecule has 2 aromatic heterocycles. The number of rotatable bonds is 4. The van der Waals surface area contributed by atoms with Crippen LogP contribution in [0.15, 0.2) is 24.8 Å². The molecule has 1 saturated carbocycles. The fourth-order valence-corrected chi connectivity index (χ4v) is 2.57. The Balaban J connectivity index is 1.72. The molecule has 0 amide bonds. The molecule has 1 atom stereocenters. The van der Waals surface area contributed by atoms with E-state index in [2.05, 4.69) is 21.5 Å². The van der Waals surface area contributed by atoms with Gasteiger partial charge in [0.25, 0.3) is 0 Å². The number of imidazole rings is 1. The minimum absolute atomic E-state index is 0.339. The van der Waals surface area contributed by atoms with Crippen molar-refractivity contribution < 1.29 is 5.11 Å². The predicted molar refractivity (Wildman–Crippen MR) is 72.1 cm³/mol. The topological polar surface area (TPSA) is 89.8 Å². The number of nitrogens with two attached hydrogens (primary N) is 1. The van der Waals surface area contributed by atoms with E-state index in [4.69, 9.17) is 5.73 Å². The van der Waals surface area contributed by atoms with Gasteiger partial charge in [0.1, 0.15) is 18.1 Å². The molecular formula is C13H17N5O. The second kappa shape index (κ2) is 4.62. The van der Waals surface area contributed by atoms with Crippen LogP contribution < -0.4 is 5.73 Å². The first-order valence-electron chi connectivity index (χ1n) is 6.43. The van der Waals surface area contributed by atoms with Gasteiger partial charge in [0.05, 0.1) is 6.33 Å². The number of hydrogen-bond donors (Lipinski definition) is 2. The number of aliphatic hydroxyl groups excluding tert-OH is 1. The number of aliphatic hydroxyl groups is 1. The van der Waals surface area contributed by atoms with E-state index < -0.39 is 6.23 Å². The third-order valence-electron chi connectivity index (χ3n) is 3.70. The maximum absolute atomic E-state index is 10.2. The number of hydrogen-bond acceptors (Lipinski definition) is 5. The number of fused-ring (bicyclic) bond motifs is 1. The molecule has 0 radical (unpaired) electrons. The normalized spacial score (nSPS) is 17.6. The predicted octanol–water partition coefficient (Wildman–Crippen LogP) is 1.65. The molecule has 1 unspecified atom stereocenters. The average molecular weight is 259 g/mol. The lowest BCUT2D eigenvalue weighted by Crippen LogP contribution is -2.16. The van der Waals surface area contributed by atoms with Crippen molar-refractivity contribution >= 4 is 17.0 Å². The van der Waals surface area contributed by atoms with Crippen LogP contribution in [0, 0.1) is 5.92 Å². The van der Waals surface area contributed by atoms with E-state index in [-0.39, 0.29) is 0 Å². The van der Waals surface area contributed by atoms with Gasteiger partial charge in [-0.3, -0.25) is 4.57 Å². The van der Waals surface area contributed by atoms with Crippen molar-refractivity contribution in [3.8, 4) is 0 Å². The van der Waals surface area contributed by atoms with Crippen molar-refractivity contribution in [3.63, 3.8) is 0 Å². The summed E-state index contributed by atoms with van der Waals surface area (Å²) in [7, 11) is 0. The van der Waals surface area contributed by atoms with Gasteiger partial charge in [0.2, 0.25) is 0 Å². The Bertz CT molecular complexity index is 613. The molecule has 6 heteroatoms. The Morgan fingerprint density at radius 2 is 2.21 bits per heavy atom. The monoisotopic (exact) mass is 259 g/mol. The first-order chi connectivity index (χ1) is 9.15. The van der Waals surface area contributed by atoms with Gasteiger partial charge in [0.15, 0.2) is 11.5 Å². The van der Waals surface area contributed by atoms with Gasteiger partial charge in [-0.05, 0) is 31.6 Å². The Labute approximate surface area is 111 Å². The van der Waals surface area contributed by atoms with Crippen LogP contribution in [0.2, 0.25) is 0 Å². The summed E-state index contributed by atoms with van der Waals surface area (Å²) in [5.74, 6) is 1.00. The van der Waals surface area contributed by atoms with Crippen LogP contribution in [0.25, 0.3) is 11.2 Å². The zero-order valence-corrected chi connectivity index (χ0v) is 10.7. The lowest BCUT2D eigenvalue weighted by Gasteiger charge is -2.29. The summed E-state index contributed by atoms with van der Waals surface area (Å²) >= 11 is 0. The van der Waals surface area contributed by atoms with Crippen molar-refractivity contribution in [2.45, 2.75) is 31.9 Å². The third-order valence-corrected chi connectivity index (χ3v) is 3.70. The summed E-state index contributed by atoms with van der Waals surface area (Å²) in [4.78, 5) is 12.2. The Morgan fingerprint density at radius 3 is 2.95 bits per heavy atom. The molecule has 0 aliphatic heterocycles. The molecule has 19 heavy (non-hydrogen) atoms. The van der Waals surface area contributed by atoms with E-state index in [1.54, 1.807) is 10.9 Å². The Morgan fingerprint density at radius 1 is 1.42 bits per heavy atom. The molecule has 2 aromatic rings. The summed E-state index contributed by atoms with van der Waals surface area (Å²) in [5.41, 5.74) is 8.15. The molecule has 1 aliphatic carbocycles. The van der Waals surface area contributed by atoms with Crippen LogP contribution >= 0.6 is 0 Å². The van der Waals surface area contributed by atoms with Crippen molar-refractivity contribution in [1.29, 1.82) is 0 Å². The highest BCUT2D eigenvalue weighted by molar-refractivity contribution is 5.81. The Kier molecular flexibility index (Phi) is 2.94. The lowest BCUT2D eigenvalue weighted by atomic mass is 9.78. The van der Waals surface area contributed by atoms with Crippen LogP contribution in [0.4, 0.5) is 5.82 Å². The van der Waals surface area contributed by atoms with Gasteiger partial charge in [-0.15, -0.1) is 0 Å². The minimum Gasteiger partial charge on any atom is -0.382 e. The summed E-state index contributed by atoms with van der Waals surface area (Å²) in [6, 6.07) is 0. The van der Waals surface area contributed by atoms with E-state index >= 15 is 0 Å². The fourth-order valence-electron chi connectivity index (χ4n) is 2.57. The maximum Gasteiger partial charge on any atom is 0.167 e. The van der Waals surface area contributed by atoms with Gasteiger partial charge < -0.3 is 10.8 Å². The van der Waals surface area contributed by atoms with Crippen LogP contribution in [0.1, 0.15) is 31.9 Å². The standard InChI is InChI=1S/C13H17N5O/c1-8-4-9(5-8)2-3-10(19)18-7-17-11-12(14)15-6-16-13(11)18/h6-7,9-10,19H,1-5H2,(H2,14,15,16). The third kappa shape index (κ3) is 2.19. The second-order valence-corrected chi connectivity index (χ2v) is 5.17. The molecule has 0 aromatic carbocycles. The first kappa shape index (κ1) is 12.1. The lowest BCUT2D eigenvalue weighted by molar-refractivity contribution is 0.0873. The average Bonchev–Trinajstić information content (AvgIpc) is 2.78. The van der Waals surface area contributed by atoms with Crippen molar-refractivity contribution in [2.75, 3.05) is 5.73 Å².